The van der Waals surface area contributed by atoms with Gasteiger partial charge in [-0.25, -0.2) is 5.43 Å². The molecule has 1 atom stereocenters. The van der Waals surface area contributed by atoms with Gasteiger partial charge in [0.15, 0.2) is 0 Å². The van der Waals surface area contributed by atoms with E-state index >= 15 is 0 Å². The summed E-state index contributed by atoms with van der Waals surface area (Å²) in [6, 6.07) is 7.50. The number of nitrogens with two attached hydrogens (primary N) is 1. The van der Waals surface area contributed by atoms with Crippen molar-refractivity contribution in [1.29, 1.82) is 0 Å². The van der Waals surface area contributed by atoms with Gasteiger partial charge in [0.25, 0.3) is 0 Å². The fraction of sp³-hybridized carbons (Fsp3) is 0.308. The lowest BCUT2D eigenvalue weighted by Crippen LogP contribution is -2.31. The van der Waals surface area contributed by atoms with E-state index in [4.69, 9.17) is 17.4 Å². The van der Waals surface area contributed by atoms with Crippen molar-refractivity contribution in [3.8, 4) is 0 Å². The van der Waals surface area contributed by atoms with Crippen LogP contribution in [0.5, 0.6) is 0 Å². The van der Waals surface area contributed by atoms with Gasteiger partial charge in [-0.2, -0.15) is 5.10 Å². The van der Waals surface area contributed by atoms with Gasteiger partial charge < -0.3 is 0 Å². The second kappa shape index (κ2) is 6.52. The summed E-state index contributed by atoms with van der Waals surface area (Å²) in [4.78, 5) is 0. The number of aromatic nitrogens is 2. The molecule has 0 radical (unpaired) electrons. The summed E-state index contributed by atoms with van der Waals surface area (Å²) >= 11 is 9.73. The van der Waals surface area contributed by atoms with Gasteiger partial charge in [-0.1, -0.05) is 34.5 Å². The summed E-state index contributed by atoms with van der Waals surface area (Å²) < 4.78 is 2.91. The van der Waals surface area contributed by atoms with Crippen molar-refractivity contribution in [3.05, 3.63) is 51.2 Å². The van der Waals surface area contributed by atoms with Crippen molar-refractivity contribution in [1.82, 2.24) is 15.2 Å². The van der Waals surface area contributed by atoms with Gasteiger partial charge in [0.05, 0.1) is 11.7 Å². The van der Waals surface area contributed by atoms with Crippen LogP contribution in [-0.4, -0.2) is 9.78 Å². The van der Waals surface area contributed by atoms with Gasteiger partial charge in [-0.3, -0.25) is 10.5 Å². The molecule has 6 heteroatoms. The molecule has 0 spiro atoms. The van der Waals surface area contributed by atoms with Crippen molar-refractivity contribution in [2.75, 3.05) is 0 Å². The number of halogens is 2. The molecule has 2 aromatic rings. The van der Waals surface area contributed by atoms with Crippen LogP contribution in [0.4, 0.5) is 0 Å². The average molecular weight is 344 g/mol. The number of hydrogen-bond donors (Lipinski definition) is 2. The minimum Gasteiger partial charge on any atom is -0.271 e. The van der Waals surface area contributed by atoms with Crippen LogP contribution in [0.25, 0.3) is 0 Å². The molecule has 0 saturated heterocycles. The van der Waals surface area contributed by atoms with Crippen molar-refractivity contribution in [3.63, 3.8) is 0 Å². The molecule has 0 aliphatic carbocycles. The van der Waals surface area contributed by atoms with Gasteiger partial charge in [0.1, 0.15) is 0 Å². The predicted octanol–water partition coefficient (Wildman–Crippen LogP) is 3.26. The molecule has 0 bridgehead atoms. The van der Waals surface area contributed by atoms with E-state index in [0.29, 0.717) is 5.02 Å². The minimum absolute atomic E-state index is 0.181. The fourth-order valence-corrected chi connectivity index (χ4v) is 2.66. The van der Waals surface area contributed by atoms with E-state index in [-0.39, 0.29) is 6.04 Å². The molecule has 0 amide bonds. The summed E-state index contributed by atoms with van der Waals surface area (Å²) in [6.07, 6.45) is 2.79. The van der Waals surface area contributed by atoms with E-state index in [1.807, 2.05) is 28.9 Å². The van der Waals surface area contributed by atoms with Gasteiger partial charge in [-0.05, 0) is 36.2 Å². The number of nitrogens with zero attached hydrogens (tertiary/aromatic N) is 2. The quantitative estimate of drug-likeness (QED) is 0.647. The monoisotopic (exact) mass is 342 g/mol. The molecule has 0 aliphatic rings. The Bertz CT molecular complexity index is 555. The number of hydrogen-bond acceptors (Lipinski definition) is 3. The molecule has 4 nitrogen and oxygen atoms in total. The first kappa shape index (κ1) is 14.5. The maximum absolute atomic E-state index is 6.27. The van der Waals surface area contributed by atoms with E-state index in [1.165, 1.54) is 0 Å². The first-order valence-corrected chi connectivity index (χ1v) is 7.27. The van der Waals surface area contributed by atoms with E-state index in [1.54, 1.807) is 6.20 Å². The van der Waals surface area contributed by atoms with E-state index in [0.717, 1.165) is 28.7 Å². The molecule has 19 heavy (non-hydrogen) atoms. The Balaban J connectivity index is 2.44. The molecule has 1 unspecified atom stereocenters. The largest absolute Gasteiger partial charge is 0.271 e. The van der Waals surface area contributed by atoms with Crippen LogP contribution >= 0.6 is 27.5 Å². The number of nitrogens with one attached hydrogen (secondary N) is 1. The van der Waals surface area contributed by atoms with Crippen molar-refractivity contribution in [2.24, 2.45) is 5.84 Å². The zero-order valence-corrected chi connectivity index (χ0v) is 12.9. The molecule has 1 aromatic carbocycles. The van der Waals surface area contributed by atoms with Crippen LogP contribution in [0.1, 0.15) is 30.6 Å². The highest BCUT2D eigenvalue weighted by Crippen LogP contribution is 2.30. The number of hydrazine groups is 1. The minimum atomic E-state index is -0.181. The van der Waals surface area contributed by atoms with Crippen LogP contribution in [0.15, 0.2) is 34.9 Å². The lowest BCUT2D eigenvalue weighted by molar-refractivity contribution is 0.521. The number of benzene rings is 1. The SMILES string of the molecule is CCCn1nccc1C(NN)c1cc(Br)ccc1Cl. The standard InChI is InChI=1S/C13H16BrClN4/c1-2-7-19-12(5-6-17-19)13(18-16)10-8-9(14)3-4-11(10)15/h3-6,8,13,18H,2,7,16H2,1H3. The van der Waals surface area contributed by atoms with Gasteiger partial charge >= 0.3 is 0 Å². The van der Waals surface area contributed by atoms with E-state index < -0.39 is 0 Å². The zero-order chi connectivity index (χ0) is 13.8. The summed E-state index contributed by atoms with van der Waals surface area (Å²) in [6.45, 7) is 2.97. The third kappa shape index (κ3) is 3.17. The van der Waals surface area contributed by atoms with Crippen LogP contribution in [-0.2, 0) is 6.54 Å². The molecule has 102 valence electrons. The van der Waals surface area contributed by atoms with E-state index in [9.17, 15) is 0 Å². The Morgan fingerprint density at radius 3 is 2.95 bits per heavy atom. The fourth-order valence-electron chi connectivity index (χ4n) is 2.06. The first-order valence-electron chi connectivity index (χ1n) is 6.10. The third-order valence-corrected chi connectivity index (χ3v) is 3.75. The average Bonchev–Trinajstić information content (AvgIpc) is 2.83. The van der Waals surface area contributed by atoms with Crippen molar-refractivity contribution in [2.45, 2.75) is 25.9 Å². The second-order valence-corrected chi connectivity index (χ2v) is 5.57. The lowest BCUT2D eigenvalue weighted by Gasteiger charge is -2.19. The Morgan fingerprint density at radius 1 is 1.47 bits per heavy atom. The Hall–Kier alpha value is -0.880. The summed E-state index contributed by atoms with van der Waals surface area (Å²) in [5.41, 5.74) is 4.75. The normalized spacial score (nSPS) is 12.6. The predicted molar refractivity (Wildman–Crippen MR) is 80.8 cm³/mol. The number of rotatable bonds is 5. The Labute approximate surface area is 126 Å². The van der Waals surface area contributed by atoms with Crippen LogP contribution in [0, 0.1) is 0 Å². The van der Waals surface area contributed by atoms with E-state index in [2.05, 4.69) is 33.4 Å². The van der Waals surface area contributed by atoms with Crippen molar-refractivity contribution >= 4 is 27.5 Å². The molecule has 0 fully saturated rings. The third-order valence-electron chi connectivity index (χ3n) is 2.92. The highest BCUT2D eigenvalue weighted by atomic mass is 79.9. The van der Waals surface area contributed by atoms with Crippen LogP contribution in [0.3, 0.4) is 0 Å². The Kier molecular flexibility index (Phi) is 4.99. The highest BCUT2D eigenvalue weighted by molar-refractivity contribution is 9.10. The summed E-state index contributed by atoms with van der Waals surface area (Å²) in [5, 5.41) is 4.99. The molecule has 3 N–H and O–H groups in total. The molecule has 2 rings (SSSR count). The van der Waals surface area contributed by atoms with Crippen LogP contribution in [0.2, 0.25) is 5.02 Å². The maximum atomic E-state index is 6.27. The van der Waals surface area contributed by atoms with Gasteiger partial charge in [0, 0.05) is 22.2 Å². The molecular formula is C13H16BrClN4. The highest BCUT2D eigenvalue weighted by Gasteiger charge is 2.19. The smallest absolute Gasteiger partial charge is 0.0893 e. The molecule has 1 aromatic heterocycles. The topological polar surface area (TPSA) is 55.9 Å². The second-order valence-electron chi connectivity index (χ2n) is 4.24. The van der Waals surface area contributed by atoms with Gasteiger partial charge in [0.2, 0.25) is 0 Å². The Morgan fingerprint density at radius 2 is 2.26 bits per heavy atom. The number of aryl methyl sites for hydroxylation is 1. The lowest BCUT2D eigenvalue weighted by atomic mass is 10.0. The zero-order valence-electron chi connectivity index (χ0n) is 10.6. The molecule has 1 heterocycles. The maximum Gasteiger partial charge on any atom is 0.0893 e. The summed E-state index contributed by atoms with van der Waals surface area (Å²) in [7, 11) is 0. The van der Waals surface area contributed by atoms with Crippen molar-refractivity contribution < 1.29 is 0 Å². The molecule has 0 saturated carbocycles. The molecular weight excluding hydrogens is 328 g/mol. The van der Waals surface area contributed by atoms with Crippen LogP contribution < -0.4 is 11.3 Å². The first-order chi connectivity index (χ1) is 9.17. The van der Waals surface area contributed by atoms with Gasteiger partial charge in [-0.15, -0.1) is 0 Å². The molecule has 0 aliphatic heterocycles. The summed E-state index contributed by atoms with van der Waals surface area (Å²) in [5.74, 6) is 5.71.